The number of nitrogens with zero attached hydrogens (tertiary/aromatic N) is 2. The fourth-order valence-corrected chi connectivity index (χ4v) is 2.55. The predicted molar refractivity (Wildman–Crippen MR) is 81.3 cm³/mol. The maximum atomic E-state index is 5.77. The monoisotopic (exact) mass is 268 g/mol. The summed E-state index contributed by atoms with van der Waals surface area (Å²) in [5.74, 6) is 0.934. The fourth-order valence-electron chi connectivity index (χ4n) is 2.55. The minimum absolute atomic E-state index is 0.667. The quantitative estimate of drug-likeness (QED) is 0.832. The Kier molecular flexibility index (Phi) is 4.16. The third-order valence-electron chi connectivity index (χ3n) is 3.66. The molecule has 3 rings (SSSR count). The lowest BCUT2D eigenvalue weighted by Gasteiger charge is -2.17. The summed E-state index contributed by atoms with van der Waals surface area (Å²) in [7, 11) is 0. The first-order valence-corrected chi connectivity index (χ1v) is 7.29. The molecule has 0 atom stereocenters. The van der Waals surface area contributed by atoms with Crippen molar-refractivity contribution in [1.82, 2.24) is 4.98 Å². The number of ether oxygens (including phenoxy) is 1. The van der Waals surface area contributed by atoms with Crippen molar-refractivity contribution in [2.45, 2.75) is 19.3 Å². The van der Waals surface area contributed by atoms with Crippen LogP contribution >= 0.6 is 0 Å². The van der Waals surface area contributed by atoms with Crippen LogP contribution in [0.2, 0.25) is 0 Å². The highest BCUT2D eigenvalue weighted by atomic mass is 16.5. The average molecular weight is 268 g/mol. The fraction of sp³-hybridized carbons (Fsp3) is 0.353. The summed E-state index contributed by atoms with van der Waals surface area (Å²) in [5.41, 5.74) is 2.38. The Morgan fingerprint density at radius 2 is 1.80 bits per heavy atom. The summed E-state index contributed by atoms with van der Waals surface area (Å²) >= 11 is 0. The third-order valence-corrected chi connectivity index (χ3v) is 3.66. The van der Waals surface area contributed by atoms with Crippen LogP contribution in [0.25, 0.3) is 0 Å². The third kappa shape index (κ3) is 3.29. The van der Waals surface area contributed by atoms with Crippen LogP contribution in [-0.4, -0.2) is 24.7 Å². The molecule has 1 aliphatic heterocycles. The van der Waals surface area contributed by atoms with Gasteiger partial charge in [-0.2, -0.15) is 0 Å². The van der Waals surface area contributed by atoms with E-state index in [0.29, 0.717) is 6.61 Å². The van der Waals surface area contributed by atoms with E-state index < -0.39 is 0 Å². The van der Waals surface area contributed by atoms with Gasteiger partial charge in [-0.25, -0.2) is 0 Å². The maximum absolute atomic E-state index is 5.77. The SMILES string of the molecule is c1ccc(CCOc2ccc(N3CCCC3)cc2)nc1. The van der Waals surface area contributed by atoms with E-state index in [0.717, 1.165) is 17.9 Å². The van der Waals surface area contributed by atoms with Crippen molar-refractivity contribution in [2.75, 3.05) is 24.6 Å². The number of rotatable bonds is 5. The molecule has 20 heavy (non-hydrogen) atoms. The first-order valence-electron chi connectivity index (χ1n) is 7.29. The minimum Gasteiger partial charge on any atom is -0.493 e. The molecule has 1 aromatic heterocycles. The van der Waals surface area contributed by atoms with Crippen molar-refractivity contribution in [3.05, 3.63) is 54.4 Å². The van der Waals surface area contributed by atoms with Crippen molar-refractivity contribution in [2.24, 2.45) is 0 Å². The molecule has 2 aromatic rings. The van der Waals surface area contributed by atoms with E-state index in [2.05, 4.69) is 34.1 Å². The van der Waals surface area contributed by atoms with E-state index >= 15 is 0 Å². The van der Waals surface area contributed by atoms with Gasteiger partial charge in [0.25, 0.3) is 0 Å². The number of hydrogen-bond acceptors (Lipinski definition) is 3. The summed E-state index contributed by atoms with van der Waals surface area (Å²) in [6, 6.07) is 14.4. The lowest BCUT2D eigenvalue weighted by Crippen LogP contribution is -2.17. The molecule has 0 unspecified atom stereocenters. The predicted octanol–water partition coefficient (Wildman–Crippen LogP) is 3.30. The van der Waals surface area contributed by atoms with Gasteiger partial charge in [-0.3, -0.25) is 4.98 Å². The van der Waals surface area contributed by atoms with E-state index in [-0.39, 0.29) is 0 Å². The topological polar surface area (TPSA) is 25.4 Å². The van der Waals surface area contributed by atoms with Crippen LogP contribution < -0.4 is 9.64 Å². The van der Waals surface area contributed by atoms with E-state index in [9.17, 15) is 0 Å². The van der Waals surface area contributed by atoms with E-state index in [1.165, 1.54) is 31.6 Å². The molecule has 1 fully saturated rings. The highest BCUT2D eigenvalue weighted by Crippen LogP contribution is 2.23. The van der Waals surface area contributed by atoms with Gasteiger partial charge in [0.15, 0.2) is 0 Å². The van der Waals surface area contributed by atoms with Crippen LogP contribution in [-0.2, 0) is 6.42 Å². The van der Waals surface area contributed by atoms with Gasteiger partial charge in [-0.05, 0) is 49.2 Å². The summed E-state index contributed by atoms with van der Waals surface area (Å²) in [6.07, 6.45) is 5.28. The first-order chi connectivity index (χ1) is 9.92. The number of hydrogen-bond donors (Lipinski definition) is 0. The van der Waals surface area contributed by atoms with Crippen LogP contribution in [0.1, 0.15) is 18.5 Å². The molecule has 1 aromatic carbocycles. The molecule has 1 saturated heterocycles. The molecule has 0 spiro atoms. The van der Waals surface area contributed by atoms with E-state index in [1.54, 1.807) is 0 Å². The molecular weight excluding hydrogens is 248 g/mol. The number of pyridine rings is 1. The molecule has 1 aliphatic rings. The highest BCUT2D eigenvalue weighted by Gasteiger charge is 2.11. The Morgan fingerprint density at radius 1 is 1.00 bits per heavy atom. The Labute approximate surface area is 120 Å². The molecule has 2 heterocycles. The van der Waals surface area contributed by atoms with E-state index in [4.69, 9.17) is 4.74 Å². The van der Waals surface area contributed by atoms with Crippen LogP contribution in [0.4, 0.5) is 5.69 Å². The zero-order chi connectivity index (χ0) is 13.6. The van der Waals surface area contributed by atoms with Gasteiger partial charge < -0.3 is 9.64 Å². The Bertz CT molecular complexity index is 518. The smallest absolute Gasteiger partial charge is 0.119 e. The van der Waals surface area contributed by atoms with Gasteiger partial charge >= 0.3 is 0 Å². The van der Waals surface area contributed by atoms with Crippen molar-refractivity contribution in [3.8, 4) is 5.75 Å². The van der Waals surface area contributed by atoms with Crippen LogP contribution in [0, 0.1) is 0 Å². The van der Waals surface area contributed by atoms with Crippen molar-refractivity contribution < 1.29 is 4.74 Å². The molecule has 0 radical (unpaired) electrons. The number of anilines is 1. The van der Waals surface area contributed by atoms with Gasteiger partial charge in [-0.15, -0.1) is 0 Å². The molecule has 3 heteroatoms. The van der Waals surface area contributed by atoms with E-state index in [1.807, 2.05) is 24.4 Å². The van der Waals surface area contributed by atoms with Gasteiger partial charge in [0.2, 0.25) is 0 Å². The summed E-state index contributed by atoms with van der Waals surface area (Å²) in [5, 5.41) is 0. The summed E-state index contributed by atoms with van der Waals surface area (Å²) in [4.78, 5) is 6.72. The molecule has 0 N–H and O–H groups in total. The molecule has 0 amide bonds. The van der Waals surface area contributed by atoms with Gasteiger partial charge in [0.05, 0.1) is 6.61 Å². The average Bonchev–Trinajstić information content (AvgIpc) is 3.03. The Hall–Kier alpha value is -2.03. The largest absolute Gasteiger partial charge is 0.493 e. The number of benzene rings is 1. The minimum atomic E-state index is 0.667. The Balaban J connectivity index is 1.50. The second-order valence-corrected chi connectivity index (χ2v) is 5.11. The lowest BCUT2D eigenvalue weighted by atomic mass is 10.2. The highest BCUT2D eigenvalue weighted by molar-refractivity contribution is 5.49. The number of aromatic nitrogens is 1. The van der Waals surface area contributed by atoms with Crippen LogP contribution in [0.3, 0.4) is 0 Å². The van der Waals surface area contributed by atoms with Crippen molar-refractivity contribution >= 4 is 5.69 Å². The normalized spacial score (nSPS) is 14.5. The van der Waals surface area contributed by atoms with Crippen LogP contribution in [0.15, 0.2) is 48.7 Å². The second-order valence-electron chi connectivity index (χ2n) is 5.11. The maximum Gasteiger partial charge on any atom is 0.119 e. The van der Waals surface area contributed by atoms with Crippen LogP contribution in [0.5, 0.6) is 5.75 Å². The first kappa shape index (κ1) is 13.0. The van der Waals surface area contributed by atoms with Gasteiger partial charge in [0, 0.05) is 37.1 Å². The zero-order valence-electron chi connectivity index (χ0n) is 11.7. The van der Waals surface area contributed by atoms with Crippen molar-refractivity contribution in [1.29, 1.82) is 0 Å². The Morgan fingerprint density at radius 3 is 2.50 bits per heavy atom. The molecule has 0 aliphatic carbocycles. The molecular formula is C17H20N2O. The van der Waals surface area contributed by atoms with Gasteiger partial charge in [0.1, 0.15) is 5.75 Å². The van der Waals surface area contributed by atoms with Gasteiger partial charge in [-0.1, -0.05) is 6.07 Å². The molecule has 0 saturated carbocycles. The lowest BCUT2D eigenvalue weighted by molar-refractivity contribution is 0.320. The molecule has 104 valence electrons. The summed E-state index contributed by atoms with van der Waals surface area (Å²) < 4.78 is 5.77. The molecule has 3 nitrogen and oxygen atoms in total. The summed E-state index contributed by atoms with van der Waals surface area (Å²) in [6.45, 7) is 3.03. The zero-order valence-corrected chi connectivity index (χ0v) is 11.7. The van der Waals surface area contributed by atoms with Crippen molar-refractivity contribution in [3.63, 3.8) is 0 Å². The standard InChI is InChI=1S/C17H20N2O/c1-2-11-18-15(5-1)10-14-20-17-8-6-16(7-9-17)19-12-3-4-13-19/h1-2,5-9,11H,3-4,10,12-14H2. The molecule has 0 bridgehead atoms. The second kappa shape index (κ2) is 6.42.